The average Bonchev–Trinajstić information content (AvgIpc) is 3.04. The van der Waals surface area contributed by atoms with Crippen LogP contribution in [0.3, 0.4) is 0 Å². The first-order chi connectivity index (χ1) is 8.33. The van der Waals surface area contributed by atoms with Crippen LogP contribution in [0.15, 0.2) is 0 Å². The molecule has 0 amide bonds. The van der Waals surface area contributed by atoms with Crippen LogP contribution in [0.1, 0.15) is 57.3 Å². The van der Waals surface area contributed by atoms with Gasteiger partial charge in [0.1, 0.15) is 0 Å². The second-order valence-corrected chi connectivity index (χ2v) is 5.62. The molecule has 0 spiro atoms. The molecule has 17 heavy (non-hydrogen) atoms. The summed E-state index contributed by atoms with van der Waals surface area (Å²) in [5, 5.41) is 17.9. The summed E-state index contributed by atoms with van der Waals surface area (Å²) >= 11 is 0. The summed E-state index contributed by atoms with van der Waals surface area (Å²) in [7, 11) is 0. The molecule has 1 heterocycles. The number of H-pyrrole nitrogens is 1. The maximum atomic E-state index is 4.04. The number of rotatable bonds is 4. The minimum atomic E-state index is 0.205. The molecule has 5 nitrogen and oxygen atoms in total. The topological polar surface area (TPSA) is 66.5 Å². The molecular formula is C12H21N5. The quantitative estimate of drug-likeness (QED) is 0.835. The fourth-order valence-corrected chi connectivity index (χ4v) is 3.16. The van der Waals surface area contributed by atoms with Gasteiger partial charge in [-0.1, -0.05) is 18.1 Å². The van der Waals surface area contributed by atoms with Gasteiger partial charge >= 0.3 is 0 Å². The third kappa shape index (κ3) is 2.65. The van der Waals surface area contributed by atoms with Gasteiger partial charge in [0, 0.05) is 6.04 Å². The van der Waals surface area contributed by atoms with Crippen LogP contribution in [0, 0.1) is 11.8 Å². The van der Waals surface area contributed by atoms with Crippen molar-refractivity contribution in [2.45, 2.75) is 57.5 Å². The molecule has 1 aromatic rings. The van der Waals surface area contributed by atoms with E-state index in [2.05, 4.69) is 32.9 Å². The molecule has 2 saturated carbocycles. The van der Waals surface area contributed by atoms with Gasteiger partial charge in [0.2, 0.25) is 0 Å². The van der Waals surface area contributed by atoms with Crippen molar-refractivity contribution in [2.24, 2.45) is 11.8 Å². The minimum Gasteiger partial charge on any atom is -0.305 e. The van der Waals surface area contributed by atoms with Crippen LogP contribution in [-0.2, 0) is 0 Å². The first-order valence-corrected chi connectivity index (χ1v) is 6.82. The van der Waals surface area contributed by atoms with E-state index in [1.165, 1.54) is 38.5 Å². The predicted octanol–water partition coefficient (Wildman–Crippen LogP) is 1.82. The first-order valence-electron chi connectivity index (χ1n) is 6.82. The van der Waals surface area contributed by atoms with Gasteiger partial charge in [-0.15, -0.1) is 10.2 Å². The van der Waals surface area contributed by atoms with Crippen molar-refractivity contribution in [3.8, 4) is 0 Å². The van der Waals surface area contributed by atoms with Gasteiger partial charge < -0.3 is 5.32 Å². The van der Waals surface area contributed by atoms with Crippen molar-refractivity contribution in [1.29, 1.82) is 0 Å². The molecule has 2 aliphatic carbocycles. The van der Waals surface area contributed by atoms with Gasteiger partial charge in [0.25, 0.3) is 0 Å². The predicted molar refractivity (Wildman–Crippen MR) is 64.2 cm³/mol. The number of tetrazole rings is 1. The highest BCUT2D eigenvalue weighted by molar-refractivity contribution is 4.92. The zero-order chi connectivity index (χ0) is 11.7. The van der Waals surface area contributed by atoms with Crippen molar-refractivity contribution in [3.63, 3.8) is 0 Å². The largest absolute Gasteiger partial charge is 0.305 e. The molecule has 1 aromatic heterocycles. The lowest BCUT2D eigenvalue weighted by Gasteiger charge is -2.31. The Morgan fingerprint density at radius 2 is 2.12 bits per heavy atom. The van der Waals surface area contributed by atoms with E-state index in [1.54, 1.807) is 0 Å². The monoisotopic (exact) mass is 235 g/mol. The summed E-state index contributed by atoms with van der Waals surface area (Å²) in [4.78, 5) is 0. The molecule has 0 saturated heterocycles. The van der Waals surface area contributed by atoms with E-state index < -0.39 is 0 Å². The number of aromatic nitrogens is 4. The minimum absolute atomic E-state index is 0.205. The summed E-state index contributed by atoms with van der Waals surface area (Å²) < 4.78 is 0. The second kappa shape index (κ2) is 4.72. The van der Waals surface area contributed by atoms with Gasteiger partial charge in [-0.2, -0.15) is 5.21 Å². The molecule has 0 aromatic carbocycles. The van der Waals surface area contributed by atoms with Crippen molar-refractivity contribution >= 4 is 0 Å². The average molecular weight is 235 g/mol. The Morgan fingerprint density at radius 1 is 1.24 bits per heavy atom. The van der Waals surface area contributed by atoms with Crippen LogP contribution in [0.25, 0.3) is 0 Å². The van der Waals surface area contributed by atoms with Gasteiger partial charge in [-0.25, -0.2) is 0 Å². The molecule has 94 valence electrons. The van der Waals surface area contributed by atoms with Crippen molar-refractivity contribution < 1.29 is 0 Å². The Labute approximate surface area is 102 Å². The van der Waals surface area contributed by atoms with Crippen LogP contribution in [0.4, 0.5) is 0 Å². The van der Waals surface area contributed by atoms with E-state index in [9.17, 15) is 0 Å². The molecule has 0 aliphatic heterocycles. The number of hydrogen-bond acceptors (Lipinski definition) is 4. The Hall–Kier alpha value is -0.970. The Kier molecular flexibility index (Phi) is 3.09. The maximum absolute atomic E-state index is 4.04. The van der Waals surface area contributed by atoms with Gasteiger partial charge in [-0.3, -0.25) is 0 Å². The van der Waals surface area contributed by atoms with Gasteiger partial charge in [0.15, 0.2) is 5.82 Å². The van der Waals surface area contributed by atoms with Crippen molar-refractivity contribution in [3.05, 3.63) is 5.82 Å². The molecule has 3 unspecified atom stereocenters. The SMILES string of the molecule is CC(NC1CCCC(C2CC2)C1)c1nn[nH]n1. The zero-order valence-electron chi connectivity index (χ0n) is 10.4. The summed E-state index contributed by atoms with van der Waals surface area (Å²) in [5.74, 6) is 2.79. The Balaban J connectivity index is 1.53. The Morgan fingerprint density at radius 3 is 2.82 bits per heavy atom. The van der Waals surface area contributed by atoms with Crippen molar-refractivity contribution in [2.75, 3.05) is 0 Å². The van der Waals surface area contributed by atoms with Crippen LogP contribution in [0.5, 0.6) is 0 Å². The molecule has 0 radical (unpaired) electrons. The highest BCUT2D eigenvalue weighted by Gasteiger charge is 2.35. The van der Waals surface area contributed by atoms with E-state index in [1.807, 2.05) is 0 Å². The lowest BCUT2D eigenvalue weighted by atomic mass is 9.82. The standard InChI is InChI=1S/C12H21N5/c1-8(12-14-16-17-15-12)13-11-4-2-3-10(7-11)9-5-6-9/h8-11,13H,2-7H2,1H3,(H,14,15,16,17). The third-order valence-corrected chi connectivity index (χ3v) is 4.24. The smallest absolute Gasteiger partial charge is 0.191 e. The van der Waals surface area contributed by atoms with Gasteiger partial charge in [-0.05, 0) is 44.4 Å². The molecular weight excluding hydrogens is 214 g/mol. The van der Waals surface area contributed by atoms with E-state index in [0.29, 0.717) is 6.04 Å². The highest BCUT2D eigenvalue weighted by Crippen LogP contribution is 2.44. The molecule has 2 fully saturated rings. The molecule has 5 heteroatoms. The summed E-state index contributed by atoms with van der Waals surface area (Å²) in [6.45, 7) is 2.12. The Bertz CT molecular complexity index is 346. The van der Waals surface area contributed by atoms with Crippen LogP contribution < -0.4 is 5.32 Å². The van der Waals surface area contributed by atoms with E-state index in [0.717, 1.165) is 17.7 Å². The maximum Gasteiger partial charge on any atom is 0.191 e. The summed E-state index contributed by atoms with van der Waals surface area (Å²) in [5.41, 5.74) is 0. The molecule has 2 N–H and O–H groups in total. The first kappa shape index (κ1) is 11.1. The highest BCUT2D eigenvalue weighted by atomic mass is 15.5. The van der Waals surface area contributed by atoms with Crippen LogP contribution >= 0.6 is 0 Å². The lowest BCUT2D eigenvalue weighted by molar-refractivity contribution is 0.247. The fraction of sp³-hybridized carbons (Fsp3) is 0.917. The molecule has 0 bridgehead atoms. The number of aromatic amines is 1. The van der Waals surface area contributed by atoms with Crippen LogP contribution in [-0.4, -0.2) is 26.7 Å². The van der Waals surface area contributed by atoms with E-state index in [-0.39, 0.29) is 6.04 Å². The molecule has 3 rings (SSSR count). The fourth-order valence-electron chi connectivity index (χ4n) is 3.16. The summed E-state index contributed by atoms with van der Waals surface area (Å²) in [6.07, 6.45) is 8.39. The van der Waals surface area contributed by atoms with Crippen LogP contribution in [0.2, 0.25) is 0 Å². The second-order valence-electron chi connectivity index (χ2n) is 5.62. The van der Waals surface area contributed by atoms with E-state index >= 15 is 0 Å². The van der Waals surface area contributed by atoms with E-state index in [4.69, 9.17) is 0 Å². The third-order valence-electron chi connectivity index (χ3n) is 4.24. The van der Waals surface area contributed by atoms with Gasteiger partial charge in [0.05, 0.1) is 6.04 Å². The number of nitrogens with one attached hydrogen (secondary N) is 2. The number of hydrogen-bond donors (Lipinski definition) is 2. The van der Waals surface area contributed by atoms with Crippen molar-refractivity contribution in [1.82, 2.24) is 25.9 Å². The number of nitrogens with zero attached hydrogens (tertiary/aromatic N) is 3. The molecule has 2 aliphatic rings. The lowest BCUT2D eigenvalue weighted by Crippen LogP contribution is -2.36. The zero-order valence-corrected chi connectivity index (χ0v) is 10.4. The normalized spacial score (nSPS) is 31.4. The molecule has 3 atom stereocenters. The summed E-state index contributed by atoms with van der Waals surface area (Å²) in [6, 6.07) is 0.847.